The number of allylic oxidation sites excluding steroid dienone is 5. The Morgan fingerprint density at radius 2 is 1.80 bits per heavy atom. The molecule has 0 heterocycles. The zero-order valence-electron chi connectivity index (χ0n) is 15.7. The smallest absolute Gasteiger partial charge is 0.243 e. The van der Waals surface area contributed by atoms with Crippen molar-refractivity contribution in [3.63, 3.8) is 0 Å². The van der Waals surface area contributed by atoms with Crippen LogP contribution >= 0.6 is 0 Å². The summed E-state index contributed by atoms with van der Waals surface area (Å²) in [6, 6.07) is 8.17. The molecule has 0 aliphatic rings. The third kappa shape index (κ3) is 11.0. The lowest BCUT2D eigenvalue weighted by Gasteiger charge is -2.03. The molecule has 0 aliphatic heterocycles. The molecule has 0 saturated carbocycles. The third-order valence-corrected chi connectivity index (χ3v) is 3.60. The van der Waals surface area contributed by atoms with Crippen LogP contribution in [0.5, 0.6) is 5.75 Å². The van der Waals surface area contributed by atoms with Crippen LogP contribution < -0.4 is 10.1 Å². The maximum atomic E-state index is 11.5. The van der Waals surface area contributed by atoms with Crippen LogP contribution in [-0.2, 0) is 11.2 Å². The van der Waals surface area contributed by atoms with Crippen LogP contribution in [0, 0.1) is 5.92 Å². The molecular weight excluding hydrogens is 310 g/mol. The predicted molar refractivity (Wildman–Crippen MR) is 106 cm³/mol. The molecule has 1 aromatic rings. The van der Waals surface area contributed by atoms with Gasteiger partial charge in [0.25, 0.3) is 0 Å². The van der Waals surface area contributed by atoms with E-state index in [1.54, 1.807) is 19.3 Å². The Balaban J connectivity index is 2.09. The van der Waals surface area contributed by atoms with Crippen molar-refractivity contribution in [1.29, 1.82) is 0 Å². The van der Waals surface area contributed by atoms with Gasteiger partial charge in [-0.05, 0) is 49.3 Å². The van der Waals surface area contributed by atoms with E-state index in [1.165, 1.54) is 5.56 Å². The number of nitrogens with one attached hydrogen (secondary N) is 1. The van der Waals surface area contributed by atoms with Gasteiger partial charge in [-0.1, -0.05) is 56.4 Å². The van der Waals surface area contributed by atoms with Crippen molar-refractivity contribution in [2.45, 2.75) is 39.5 Å². The van der Waals surface area contributed by atoms with Crippen LogP contribution in [0.2, 0.25) is 0 Å². The van der Waals surface area contributed by atoms with Gasteiger partial charge in [-0.15, -0.1) is 0 Å². The number of unbranched alkanes of at least 4 members (excludes halogenated alkanes) is 2. The van der Waals surface area contributed by atoms with Gasteiger partial charge < -0.3 is 10.1 Å². The molecule has 0 saturated heterocycles. The Labute approximate surface area is 152 Å². The van der Waals surface area contributed by atoms with E-state index in [9.17, 15) is 4.79 Å². The molecule has 0 fully saturated rings. The summed E-state index contributed by atoms with van der Waals surface area (Å²) in [6.45, 7) is 4.88. The average molecular weight is 341 g/mol. The number of benzene rings is 1. The maximum Gasteiger partial charge on any atom is 0.243 e. The van der Waals surface area contributed by atoms with E-state index >= 15 is 0 Å². The summed E-state index contributed by atoms with van der Waals surface area (Å²) < 4.78 is 5.15. The molecular formula is C22H31NO2. The largest absolute Gasteiger partial charge is 0.497 e. The van der Waals surface area contributed by atoms with E-state index in [0.717, 1.165) is 38.0 Å². The van der Waals surface area contributed by atoms with E-state index < -0.39 is 0 Å². The van der Waals surface area contributed by atoms with Crippen molar-refractivity contribution in [3.8, 4) is 5.75 Å². The monoisotopic (exact) mass is 341 g/mol. The number of methoxy groups -OCH3 is 1. The summed E-state index contributed by atoms with van der Waals surface area (Å²) in [7, 11) is 1.68. The Hall–Kier alpha value is -2.29. The minimum Gasteiger partial charge on any atom is -0.497 e. The van der Waals surface area contributed by atoms with Crippen molar-refractivity contribution >= 4 is 5.91 Å². The minimum atomic E-state index is -0.0279. The molecule has 25 heavy (non-hydrogen) atoms. The van der Waals surface area contributed by atoms with Gasteiger partial charge in [0.2, 0.25) is 5.91 Å². The molecule has 0 unspecified atom stereocenters. The molecule has 0 aromatic heterocycles. The molecule has 0 atom stereocenters. The van der Waals surface area contributed by atoms with Crippen LogP contribution in [0.4, 0.5) is 0 Å². The van der Waals surface area contributed by atoms with Crippen LogP contribution in [0.1, 0.15) is 38.7 Å². The summed E-state index contributed by atoms with van der Waals surface area (Å²) in [4.78, 5) is 11.5. The summed E-state index contributed by atoms with van der Waals surface area (Å²) in [5.41, 5.74) is 1.29. The van der Waals surface area contributed by atoms with Gasteiger partial charge in [0.1, 0.15) is 5.75 Å². The topological polar surface area (TPSA) is 38.3 Å². The standard InChI is InChI=1S/C22H31NO2/c1-19(2)18-23-22(24)13-11-9-7-5-4-6-8-10-12-20-14-16-21(25-3)17-15-20/h7-11,13-17,19H,4-6,12,18H2,1-3H3,(H,23,24)/b9-7+,10-8+,13-11+. The van der Waals surface area contributed by atoms with E-state index in [-0.39, 0.29) is 5.91 Å². The van der Waals surface area contributed by atoms with Crippen LogP contribution in [0.15, 0.2) is 60.7 Å². The minimum absolute atomic E-state index is 0.0279. The van der Waals surface area contributed by atoms with Crippen LogP contribution in [0.3, 0.4) is 0 Å². The first-order valence-corrected chi connectivity index (χ1v) is 9.00. The fraction of sp³-hybridized carbons (Fsp3) is 0.409. The Morgan fingerprint density at radius 1 is 1.08 bits per heavy atom. The van der Waals surface area contributed by atoms with Gasteiger partial charge in [-0.3, -0.25) is 4.79 Å². The molecule has 3 nitrogen and oxygen atoms in total. The molecule has 136 valence electrons. The van der Waals surface area contributed by atoms with E-state index in [4.69, 9.17) is 4.74 Å². The Kier molecular flexibility index (Phi) is 10.8. The molecule has 0 spiro atoms. The van der Waals surface area contributed by atoms with Crippen molar-refractivity contribution < 1.29 is 9.53 Å². The maximum absolute atomic E-state index is 11.5. The van der Waals surface area contributed by atoms with Crippen molar-refractivity contribution in [2.75, 3.05) is 13.7 Å². The number of amides is 1. The molecule has 1 N–H and O–H groups in total. The number of carbonyl (C=O) groups is 1. The fourth-order valence-electron chi connectivity index (χ4n) is 2.13. The highest BCUT2D eigenvalue weighted by molar-refractivity contribution is 5.87. The summed E-state index contributed by atoms with van der Waals surface area (Å²) >= 11 is 0. The second-order valence-electron chi connectivity index (χ2n) is 6.38. The van der Waals surface area contributed by atoms with Crippen LogP contribution in [-0.4, -0.2) is 19.6 Å². The molecule has 1 aromatic carbocycles. The lowest BCUT2D eigenvalue weighted by molar-refractivity contribution is -0.116. The van der Waals surface area contributed by atoms with Gasteiger partial charge in [0.15, 0.2) is 0 Å². The van der Waals surface area contributed by atoms with E-state index in [2.05, 4.69) is 49.5 Å². The van der Waals surface area contributed by atoms with Gasteiger partial charge in [-0.25, -0.2) is 0 Å². The summed E-state index contributed by atoms with van der Waals surface area (Å²) in [6.07, 6.45) is 16.0. The number of hydrogen-bond donors (Lipinski definition) is 1. The molecule has 3 heteroatoms. The van der Waals surface area contributed by atoms with Gasteiger partial charge >= 0.3 is 0 Å². The lowest BCUT2D eigenvalue weighted by Crippen LogP contribution is -2.25. The highest BCUT2D eigenvalue weighted by atomic mass is 16.5. The quantitative estimate of drug-likeness (QED) is 0.270. The molecule has 1 rings (SSSR count). The lowest BCUT2D eigenvalue weighted by atomic mass is 10.1. The third-order valence-electron chi connectivity index (χ3n) is 3.60. The first kappa shape index (κ1) is 20.8. The number of hydrogen-bond acceptors (Lipinski definition) is 2. The SMILES string of the molecule is COc1ccc(C/C=C/CCC/C=C/C=C/C(=O)NCC(C)C)cc1. The fourth-order valence-corrected chi connectivity index (χ4v) is 2.13. The highest BCUT2D eigenvalue weighted by Crippen LogP contribution is 2.12. The number of ether oxygens (including phenoxy) is 1. The molecule has 0 bridgehead atoms. The first-order chi connectivity index (χ1) is 12.1. The normalized spacial score (nSPS) is 11.8. The van der Waals surface area contributed by atoms with Crippen molar-refractivity contribution in [3.05, 3.63) is 66.3 Å². The molecule has 1 amide bonds. The zero-order chi connectivity index (χ0) is 18.3. The van der Waals surface area contributed by atoms with Crippen molar-refractivity contribution in [1.82, 2.24) is 5.32 Å². The second-order valence-corrected chi connectivity index (χ2v) is 6.38. The van der Waals surface area contributed by atoms with Crippen molar-refractivity contribution in [2.24, 2.45) is 5.92 Å². The Bertz CT molecular complexity index is 568. The van der Waals surface area contributed by atoms with Gasteiger partial charge in [0, 0.05) is 12.6 Å². The summed E-state index contributed by atoms with van der Waals surface area (Å²) in [5.74, 6) is 1.34. The molecule has 0 aliphatic carbocycles. The summed E-state index contributed by atoms with van der Waals surface area (Å²) in [5, 5.41) is 2.85. The van der Waals surface area contributed by atoms with Gasteiger partial charge in [-0.2, -0.15) is 0 Å². The van der Waals surface area contributed by atoms with E-state index in [1.807, 2.05) is 18.2 Å². The second kappa shape index (κ2) is 13.1. The predicted octanol–water partition coefficient (Wildman–Crippen LogP) is 4.85. The highest BCUT2D eigenvalue weighted by Gasteiger charge is 1.95. The van der Waals surface area contributed by atoms with Gasteiger partial charge in [0.05, 0.1) is 7.11 Å². The Morgan fingerprint density at radius 3 is 2.48 bits per heavy atom. The van der Waals surface area contributed by atoms with Crippen LogP contribution in [0.25, 0.3) is 0 Å². The number of carbonyl (C=O) groups excluding carboxylic acids is 1. The number of rotatable bonds is 11. The molecule has 0 radical (unpaired) electrons. The zero-order valence-corrected chi connectivity index (χ0v) is 15.7. The van der Waals surface area contributed by atoms with E-state index in [0.29, 0.717) is 5.92 Å². The first-order valence-electron chi connectivity index (χ1n) is 9.00. The average Bonchev–Trinajstić information content (AvgIpc) is 2.62.